The van der Waals surface area contributed by atoms with Gasteiger partial charge in [-0.2, -0.15) is 0 Å². The molecule has 1 saturated heterocycles. The highest BCUT2D eigenvalue weighted by molar-refractivity contribution is 7.98. The standard InChI is InChI=1S/C14H20N6OS/c1-3-8-20-13(11-4-6-15-7-5-11)16-17-14(20)22-9-12-10(2)18-21-19-12/h3,11,15H,1,4-9H2,2H3. The number of aromatic nitrogens is 5. The molecule has 0 aliphatic carbocycles. The summed E-state index contributed by atoms with van der Waals surface area (Å²) in [6, 6.07) is 0. The first kappa shape index (κ1) is 15.2. The van der Waals surface area contributed by atoms with Crippen molar-refractivity contribution < 1.29 is 4.63 Å². The molecule has 2 aromatic heterocycles. The summed E-state index contributed by atoms with van der Waals surface area (Å²) < 4.78 is 6.90. The third-order valence-corrected chi connectivity index (χ3v) is 4.82. The Morgan fingerprint density at radius 2 is 2.18 bits per heavy atom. The lowest BCUT2D eigenvalue weighted by Gasteiger charge is -2.22. The summed E-state index contributed by atoms with van der Waals surface area (Å²) in [6.07, 6.45) is 4.10. The zero-order valence-electron chi connectivity index (χ0n) is 12.7. The van der Waals surface area contributed by atoms with Gasteiger partial charge in [0.25, 0.3) is 0 Å². The van der Waals surface area contributed by atoms with E-state index in [4.69, 9.17) is 4.63 Å². The topological polar surface area (TPSA) is 81.7 Å². The molecule has 0 aromatic carbocycles. The molecule has 22 heavy (non-hydrogen) atoms. The smallest absolute Gasteiger partial charge is 0.191 e. The van der Waals surface area contributed by atoms with Crippen LogP contribution >= 0.6 is 11.8 Å². The fraction of sp³-hybridized carbons (Fsp3) is 0.571. The summed E-state index contributed by atoms with van der Waals surface area (Å²) in [6.45, 7) is 8.55. The van der Waals surface area contributed by atoms with Crippen molar-refractivity contribution in [2.45, 2.75) is 43.1 Å². The number of hydrogen-bond donors (Lipinski definition) is 1. The lowest BCUT2D eigenvalue weighted by atomic mass is 9.97. The lowest BCUT2D eigenvalue weighted by Crippen LogP contribution is -2.28. The Morgan fingerprint density at radius 3 is 2.86 bits per heavy atom. The van der Waals surface area contributed by atoms with Gasteiger partial charge in [-0.25, -0.2) is 4.63 Å². The zero-order chi connectivity index (χ0) is 15.4. The molecular formula is C14H20N6OS. The molecule has 1 N–H and O–H groups in total. The summed E-state index contributed by atoms with van der Waals surface area (Å²) >= 11 is 1.61. The van der Waals surface area contributed by atoms with E-state index in [-0.39, 0.29) is 0 Å². The molecule has 3 rings (SSSR count). The van der Waals surface area contributed by atoms with Crippen molar-refractivity contribution in [3.05, 3.63) is 29.9 Å². The second kappa shape index (κ2) is 7.06. The van der Waals surface area contributed by atoms with Crippen molar-refractivity contribution in [2.75, 3.05) is 13.1 Å². The van der Waals surface area contributed by atoms with Gasteiger partial charge in [-0.3, -0.25) is 0 Å². The van der Waals surface area contributed by atoms with Crippen molar-refractivity contribution in [3.63, 3.8) is 0 Å². The van der Waals surface area contributed by atoms with E-state index in [0.29, 0.717) is 11.7 Å². The van der Waals surface area contributed by atoms with E-state index >= 15 is 0 Å². The number of piperidine rings is 1. The minimum absolute atomic E-state index is 0.471. The molecule has 7 nitrogen and oxygen atoms in total. The van der Waals surface area contributed by atoms with Gasteiger partial charge in [0.05, 0.1) is 0 Å². The second-order valence-electron chi connectivity index (χ2n) is 5.35. The largest absolute Gasteiger partial charge is 0.317 e. The fourth-order valence-electron chi connectivity index (χ4n) is 2.60. The first-order valence-corrected chi connectivity index (χ1v) is 8.43. The number of nitrogens with zero attached hydrogens (tertiary/aromatic N) is 5. The highest BCUT2D eigenvalue weighted by Crippen LogP contribution is 2.28. The first-order chi connectivity index (χ1) is 10.8. The van der Waals surface area contributed by atoms with E-state index in [0.717, 1.165) is 54.8 Å². The van der Waals surface area contributed by atoms with Gasteiger partial charge in [0, 0.05) is 18.2 Å². The molecule has 0 amide bonds. The Bertz CT molecular complexity index is 631. The second-order valence-corrected chi connectivity index (χ2v) is 6.29. The quantitative estimate of drug-likeness (QED) is 0.643. The minimum atomic E-state index is 0.471. The molecule has 1 aliphatic heterocycles. The average Bonchev–Trinajstić information content (AvgIpc) is 3.13. The van der Waals surface area contributed by atoms with E-state index in [1.54, 1.807) is 11.8 Å². The molecule has 2 aromatic rings. The van der Waals surface area contributed by atoms with Crippen LogP contribution in [-0.4, -0.2) is 38.2 Å². The van der Waals surface area contributed by atoms with Crippen LogP contribution in [0.15, 0.2) is 22.4 Å². The van der Waals surface area contributed by atoms with Crippen LogP contribution in [0.2, 0.25) is 0 Å². The van der Waals surface area contributed by atoms with Crippen LogP contribution in [0.1, 0.15) is 36.0 Å². The van der Waals surface area contributed by atoms with Crippen LogP contribution in [0.4, 0.5) is 0 Å². The molecule has 1 fully saturated rings. The van der Waals surface area contributed by atoms with Crippen molar-refractivity contribution in [1.82, 2.24) is 30.4 Å². The van der Waals surface area contributed by atoms with Crippen LogP contribution in [0.25, 0.3) is 0 Å². The van der Waals surface area contributed by atoms with Crippen LogP contribution in [0, 0.1) is 6.92 Å². The zero-order valence-corrected chi connectivity index (χ0v) is 13.5. The van der Waals surface area contributed by atoms with Crippen LogP contribution < -0.4 is 5.32 Å². The Kier molecular flexibility index (Phi) is 4.89. The van der Waals surface area contributed by atoms with Crippen molar-refractivity contribution in [1.29, 1.82) is 0 Å². The van der Waals surface area contributed by atoms with E-state index in [2.05, 4.69) is 37.0 Å². The van der Waals surface area contributed by atoms with Crippen molar-refractivity contribution in [3.8, 4) is 0 Å². The summed E-state index contributed by atoms with van der Waals surface area (Å²) in [5.41, 5.74) is 1.67. The molecule has 0 atom stereocenters. The molecule has 118 valence electrons. The van der Waals surface area contributed by atoms with Gasteiger partial charge in [-0.15, -0.1) is 16.8 Å². The number of aryl methyl sites for hydroxylation is 1. The monoisotopic (exact) mass is 320 g/mol. The van der Waals surface area contributed by atoms with Gasteiger partial charge < -0.3 is 9.88 Å². The van der Waals surface area contributed by atoms with Crippen LogP contribution in [0.3, 0.4) is 0 Å². The summed E-state index contributed by atoms with van der Waals surface area (Å²) in [5.74, 6) is 2.22. The number of nitrogens with one attached hydrogen (secondary N) is 1. The summed E-state index contributed by atoms with van der Waals surface area (Å²) in [7, 11) is 0. The predicted octanol–water partition coefficient (Wildman–Crippen LogP) is 1.91. The lowest BCUT2D eigenvalue weighted by molar-refractivity contribution is 0.302. The molecule has 0 radical (unpaired) electrons. The SMILES string of the molecule is C=CCn1c(SCc2nonc2C)nnc1C1CCNCC1. The number of thioether (sulfide) groups is 1. The van der Waals surface area contributed by atoms with Crippen molar-refractivity contribution >= 4 is 11.8 Å². The summed E-state index contributed by atoms with van der Waals surface area (Å²) in [5, 5.41) is 20.8. The Hall–Kier alpha value is -1.67. The maximum atomic E-state index is 4.73. The van der Waals surface area contributed by atoms with Gasteiger partial charge in [0.1, 0.15) is 17.2 Å². The summed E-state index contributed by atoms with van der Waals surface area (Å²) in [4.78, 5) is 0. The fourth-order valence-corrected chi connectivity index (χ4v) is 3.55. The number of hydrogen-bond acceptors (Lipinski definition) is 7. The van der Waals surface area contributed by atoms with Gasteiger partial charge in [-0.05, 0) is 32.9 Å². The average molecular weight is 320 g/mol. The number of allylic oxidation sites excluding steroid dienone is 1. The third kappa shape index (κ3) is 3.22. The van der Waals surface area contributed by atoms with E-state index in [1.165, 1.54) is 0 Å². The molecule has 3 heterocycles. The maximum absolute atomic E-state index is 4.73. The molecule has 0 unspecified atom stereocenters. The van der Waals surface area contributed by atoms with E-state index in [1.807, 2.05) is 13.0 Å². The third-order valence-electron chi connectivity index (χ3n) is 3.85. The Morgan fingerprint density at radius 1 is 1.36 bits per heavy atom. The number of rotatable bonds is 6. The van der Waals surface area contributed by atoms with Gasteiger partial charge in [0.2, 0.25) is 0 Å². The van der Waals surface area contributed by atoms with E-state index in [9.17, 15) is 0 Å². The predicted molar refractivity (Wildman–Crippen MR) is 83.7 cm³/mol. The highest BCUT2D eigenvalue weighted by atomic mass is 32.2. The van der Waals surface area contributed by atoms with Crippen LogP contribution in [0.5, 0.6) is 0 Å². The van der Waals surface area contributed by atoms with Gasteiger partial charge in [0.15, 0.2) is 5.16 Å². The highest BCUT2D eigenvalue weighted by Gasteiger charge is 2.23. The maximum Gasteiger partial charge on any atom is 0.191 e. The molecule has 8 heteroatoms. The Labute approximate surface area is 133 Å². The van der Waals surface area contributed by atoms with Crippen LogP contribution in [-0.2, 0) is 12.3 Å². The molecule has 0 saturated carbocycles. The molecule has 0 spiro atoms. The molecule has 0 bridgehead atoms. The van der Waals surface area contributed by atoms with Gasteiger partial charge >= 0.3 is 0 Å². The van der Waals surface area contributed by atoms with Crippen molar-refractivity contribution in [2.24, 2.45) is 0 Å². The van der Waals surface area contributed by atoms with Gasteiger partial charge in [-0.1, -0.05) is 28.2 Å². The normalized spacial score (nSPS) is 16.0. The molecule has 1 aliphatic rings. The molecular weight excluding hydrogens is 300 g/mol. The Balaban J connectivity index is 1.77. The minimum Gasteiger partial charge on any atom is -0.317 e. The first-order valence-electron chi connectivity index (χ1n) is 7.45. The van der Waals surface area contributed by atoms with E-state index < -0.39 is 0 Å².